The smallest absolute Gasteiger partial charge is 0.503 e. The molecule has 2 aliphatic rings. The molecule has 0 bridgehead atoms. The van der Waals surface area contributed by atoms with E-state index >= 15 is 0 Å². The molecule has 8 rings (SSSR count). The number of hydrogen-bond acceptors (Lipinski definition) is 5. The first-order chi connectivity index (χ1) is 26.9. The Morgan fingerprint density at radius 2 is 1.39 bits per heavy atom. The summed E-state index contributed by atoms with van der Waals surface area (Å²) in [5, 5.41) is 0. The van der Waals surface area contributed by atoms with Gasteiger partial charge in [-0.1, -0.05) is 145 Å². The Labute approximate surface area is 354 Å². The Kier molecular flexibility index (Phi) is 11.4. The fourth-order valence-corrected chi connectivity index (χ4v) is 9.29. The number of nitrogens with zero attached hydrogens (tertiary/aromatic N) is 4. The maximum atomic E-state index is 6.88. The Morgan fingerprint density at radius 3 is 2.11 bits per heavy atom. The van der Waals surface area contributed by atoms with E-state index < -0.39 is 0 Å². The van der Waals surface area contributed by atoms with Crippen LogP contribution in [0.15, 0.2) is 120 Å². The van der Waals surface area contributed by atoms with Gasteiger partial charge in [-0.15, -0.1) is 29.8 Å². The van der Waals surface area contributed by atoms with Crippen molar-refractivity contribution in [3.8, 4) is 22.6 Å². The van der Waals surface area contributed by atoms with Gasteiger partial charge in [0.1, 0.15) is 5.82 Å². The number of ether oxygens (including phenoxy) is 1. The molecule has 0 amide bonds. The third kappa shape index (κ3) is 7.59. The van der Waals surface area contributed by atoms with Gasteiger partial charge in [0.2, 0.25) is 0 Å². The van der Waals surface area contributed by atoms with Crippen LogP contribution in [0.3, 0.4) is 0 Å². The van der Waals surface area contributed by atoms with E-state index in [0.29, 0.717) is 29.3 Å². The molecule has 0 fully saturated rings. The van der Waals surface area contributed by atoms with Gasteiger partial charge in [-0.25, -0.2) is 4.98 Å². The van der Waals surface area contributed by atoms with Gasteiger partial charge in [-0.05, 0) is 66.0 Å². The minimum absolute atomic E-state index is 0. The third-order valence-electron chi connectivity index (χ3n) is 11.7. The zero-order valence-electron chi connectivity index (χ0n) is 34.5. The molecule has 5 nitrogen and oxygen atoms in total. The van der Waals surface area contributed by atoms with Crippen molar-refractivity contribution in [2.75, 3.05) is 16.3 Å². The van der Waals surface area contributed by atoms with Crippen LogP contribution in [0.2, 0.25) is 0 Å². The van der Waals surface area contributed by atoms with Crippen LogP contribution >= 0.6 is 0 Å². The molecule has 0 saturated carbocycles. The van der Waals surface area contributed by atoms with Crippen LogP contribution in [0.5, 0.6) is 11.5 Å². The van der Waals surface area contributed by atoms with Crippen LogP contribution in [-0.4, -0.2) is 23.4 Å². The van der Waals surface area contributed by atoms with Crippen molar-refractivity contribution in [2.24, 2.45) is 22.7 Å². The molecular weight excluding hydrogens is 880 g/mol. The van der Waals surface area contributed by atoms with Gasteiger partial charge in [-0.2, -0.15) is 5.56 Å². The number of benzene rings is 5. The zero-order chi connectivity index (χ0) is 39.3. The van der Waals surface area contributed by atoms with Crippen molar-refractivity contribution >= 4 is 28.7 Å². The summed E-state index contributed by atoms with van der Waals surface area (Å²) in [4.78, 5) is 15.2. The Bertz CT molecular complexity index is 2360. The maximum absolute atomic E-state index is 6.88. The summed E-state index contributed by atoms with van der Waals surface area (Å²) in [6.45, 7) is 21.2. The predicted octanol–water partition coefficient (Wildman–Crippen LogP) is 12.7. The van der Waals surface area contributed by atoms with Crippen molar-refractivity contribution in [1.82, 2.24) is 4.98 Å². The molecule has 5 aromatic carbocycles. The predicted molar refractivity (Wildman–Crippen MR) is 232 cm³/mol. The number of para-hydroxylation sites is 2. The van der Waals surface area contributed by atoms with E-state index in [9.17, 15) is 0 Å². The quantitative estimate of drug-likeness (QED) is 0.135. The molecule has 0 N–H and O–H groups in total. The Hall–Kier alpha value is -4.99. The van der Waals surface area contributed by atoms with Gasteiger partial charge in [0, 0.05) is 46.6 Å². The van der Waals surface area contributed by atoms with E-state index in [2.05, 4.69) is 181 Å². The number of amidine groups is 1. The van der Waals surface area contributed by atoms with E-state index in [1.165, 1.54) is 27.9 Å². The van der Waals surface area contributed by atoms with Crippen molar-refractivity contribution in [3.05, 3.63) is 161 Å². The molecule has 6 heteroatoms. The molecule has 0 saturated heterocycles. The third-order valence-corrected chi connectivity index (χ3v) is 11.7. The second kappa shape index (κ2) is 16.1. The number of pyridine rings is 1. The van der Waals surface area contributed by atoms with E-state index in [4.69, 9.17) is 14.7 Å². The molecule has 1 aromatic heterocycles. The van der Waals surface area contributed by atoms with E-state index in [0.717, 1.165) is 51.8 Å². The minimum Gasteiger partial charge on any atom is -0.503 e. The number of fused-ring (bicyclic) bond motifs is 2. The number of anilines is 4. The maximum Gasteiger partial charge on any atom is 2.00 e. The fraction of sp³-hybridized carbons (Fsp3) is 0.294. The first-order valence-corrected chi connectivity index (χ1v) is 20.0. The van der Waals surface area contributed by atoms with Crippen LogP contribution in [-0.2, 0) is 26.5 Å². The van der Waals surface area contributed by atoms with Gasteiger partial charge in [0.25, 0.3) is 0 Å². The van der Waals surface area contributed by atoms with Gasteiger partial charge >= 0.3 is 21.1 Å². The number of aromatic nitrogens is 1. The number of rotatable bonds is 9. The van der Waals surface area contributed by atoms with Crippen LogP contribution in [0.1, 0.15) is 74.9 Å². The van der Waals surface area contributed by atoms with Gasteiger partial charge in [0.15, 0.2) is 0 Å². The molecule has 6 aromatic rings. The molecule has 1 atom stereocenters. The molecule has 292 valence electrons. The normalized spacial score (nSPS) is 15.7. The minimum atomic E-state index is -0.208. The van der Waals surface area contributed by atoms with Crippen molar-refractivity contribution < 1.29 is 25.8 Å². The van der Waals surface area contributed by atoms with Crippen molar-refractivity contribution in [2.45, 2.75) is 73.8 Å². The van der Waals surface area contributed by atoms with Crippen LogP contribution in [0, 0.1) is 50.7 Å². The van der Waals surface area contributed by atoms with Crippen LogP contribution in [0.4, 0.5) is 22.9 Å². The van der Waals surface area contributed by atoms with E-state index in [1.54, 1.807) is 0 Å². The summed E-state index contributed by atoms with van der Waals surface area (Å²) in [6.07, 6.45) is 1.87. The first kappa shape index (κ1) is 40.2. The van der Waals surface area contributed by atoms with Crippen molar-refractivity contribution in [3.63, 3.8) is 0 Å². The molecule has 2 aliphatic heterocycles. The summed E-state index contributed by atoms with van der Waals surface area (Å²) < 4.78 is 6.88. The van der Waals surface area contributed by atoms with Gasteiger partial charge in [-0.3, -0.25) is 0 Å². The number of aryl methyl sites for hydroxylation is 3. The second-order valence-electron chi connectivity index (χ2n) is 16.8. The number of aliphatic imine (C=N–C) groups is 1. The van der Waals surface area contributed by atoms with Crippen LogP contribution < -0.4 is 14.5 Å². The van der Waals surface area contributed by atoms with Gasteiger partial charge < -0.3 is 19.5 Å². The van der Waals surface area contributed by atoms with E-state index in [-0.39, 0.29) is 32.5 Å². The monoisotopic (exact) mass is 931 g/mol. The SMILES string of the molecule is Cc1cc(Oc2[c-]c(C3=N[C@H](C(C(C)C)C(C)C)CN3c3c(C)cccc3C)cc(-c3ccccc3)c2)[c-]c(N2c3ccccc3C(C)(C)c3cccnc32)c1.[Pt+2]. The Balaban J connectivity index is 0.00000496. The first-order valence-electron chi connectivity index (χ1n) is 20.0. The van der Waals surface area contributed by atoms with Crippen molar-refractivity contribution in [1.29, 1.82) is 0 Å². The molecule has 0 aliphatic carbocycles. The standard InChI is InChI=1S/C51H52N4O.Pt/c1-32(2)47(33(3)4)45-31-54(48-35(6)17-15-18-36(48)7)49(53-45)39-27-38(37-19-11-10-12-20-37)28-42(29-39)56-41-26-34(5)25-40(30-41)55-46-23-14-13-21-43(46)51(8,9)44-22-16-24-52-50(44)55;/h10-28,32-33,45,47H,31H2,1-9H3;/q-2;+2/t45-;/m0./s1. The second-order valence-corrected chi connectivity index (χ2v) is 16.8. The molecule has 57 heavy (non-hydrogen) atoms. The largest absolute Gasteiger partial charge is 2.00 e. The molecule has 0 radical (unpaired) electrons. The molecule has 0 spiro atoms. The molecule has 0 unspecified atom stereocenters. The summed E-state index contributed by atoms with van der Waals surface area (Å²) in [5.41, 5.74) is 12.0. The Morgan fingerprint density at radius 1 is 0.719 bits per heavy atom. The summed E-state index contributed by atoms with van der Waals surface area (Å²) in [7, 11) is 0. The zero-order valence-corrected chi connectivity index (χ0v) is 36.8. The molecular formula is C51H52N4OPt. The number of hydrogen-bond donors (Lipinski definition) is 0. The fourth-order valence-electron chi connectivity index (χ4n) is 9.29. The summed E-state index contributed by atoms with van der Waals surface area (Å²) in [5.74, 6) is 4.49. The molecule has 3 heterocycles. The summed E-state index contributed by atoms with van der Waals surface area (Å²) >= 11 is 0. The topological polar surface area (TPSA) is 41.0 Å². The van der Waals surface area contributed by atoms with Crippen LogP contribution in [0.25, 0.3) is 11.1 Å². The summed E-state index contributed by atoms with van der Waals surface area (Å²) in [6, 6.07) is 45.9. The average Bonchev–Trinajstić information content (AvgIpc) is 3.58. The average molecular weight is 932 g/mol. The van der Waals surface area contributed by atoms with E-state index in [1.807, 2.05) is 18.3 Å². The van der Waals surface area contributed by atoms with Gasteiger partial charge in [0.05, 0.1) is 11.9 Å².